The molecule has 1 aromatic heterocycles. The lowest BCUT2D eigenvalue weighted by Crippen LogP contribution is -2.22. The van der Waals surface area contributed by atoms with Crippen molar-refractivity contribution in [3.8, 4) is 17.2 Å². The van der Waals surface area contributed by atoms with E-state index in [0.717, 1.165) is 16.9 Å². The number of hydrogen-bond acceptors (Lipinski definition) is 7. The topological polar surface area (TPSA) is 87.5 Å². The van der Waals surface area contributed by atoms with Crippen LogP contribution in [-0.2, 0) is 18.4 Å². The van der Waals surface area contributed by atoms with Gasteiger partial charge in [0.25, 0.3) is 0 Å². The van der Waals surface area contributed by atoms with Crippen molar-refractivity contribution < 1.29 is 19.0 Å². The number of benzene rings is 2. The van der Waals surface area contributed by atoms with Crippen LogP contribution in [0.1, 0.15) is 23.9 Å². The summed E-state index contributed by atoms with van der Waals surface area (Å²) in [6.07, 6.45) is 0. The van der Waals surface area contributed by atoms with Crippen molar-refractivity contribution >= 4 is 23.4 Å². The van der Waals surface area contributed by atoms with Crippen LogP contribution in [0.5, 0.6) is 17.2 Å². The molecule has 1 aliphatic heterocycles. The van der Waals surface area contributed by atoms with Gasteiger partial charge < -0.3 is 24.1 Å². The molecule has 0 saturated carbocycles. The van der Waals surface area contributed by atoms with Gasteiger partial charge in [0.2, 0.25) is 12.7 Å². The van der Waals surface area contributed by atoms with E-state index in [1.807, 2.05) is 50.6 Å². The van der Waals surface area contributed by atoms with E-state index >= 15 is 0 Å². The summed E-state index contributed by atoms with van der Waals surface area (Å²) in [5, 5.41) is 11.6. The minimum Gasteiger partial charge on any atom is -0.485 e. The van der Waals surface area contributed by atoms with E-state index in [9.17, 15) is 4.79 Å². The number of nitrogens with zero attached hydrogens (tertiary/aromatic N) is 3. The maximum atomic E-state index is 12.6. The Balaban J connectivity index is 1.37. The number of aromatic nitrogens is 3. The standard InChI is InChI=1S/C22H24N4O4S/c1-13-6-5-7-14(2)20(13)28-11-19-24-25-22(26(19)4)31-15(3)21(27)23-16-8-9-17-18(10-16)30-12-29-17/h5-10,15H,11-12H2,1-4H3,(H,23,27). The molecule has 0 radical (unpaired) electrons. The number of rotatable bonds is 7. The molecule has 1 aliphatic rings. The third-order valence-electron chi connectivity index (χ3n) is 4.97. The van der Waals surface area contributed by atoms with Crippen molar-refractivity contribution in [3.05, 3.63) is 53.3 Å². The van der Waals surface area contributed by atoms with Crippen LogP contribution in [0.25, 0.3) is 0 Å². The summed E-state index contributed by atoms with van der Waals surface area (Å²) in [5.41, 5.74) is 2.80. The molecule has 1 amide bonds. The van der Waals surface area contributed by atoms with Gasteiger partial charge in [-0.15, -0.1) is 10.2 Å². The molecule has 8 nitrogen and oxygen atoms in total. The van der Waals surface area contributed by atoms with E-state index in [1.54, 1.807) is 18.2 Å². The number of ether oxygens (including phenoxy) is 3. The number of thioether (sulfide) groups is 1. The van der Waals surface area contributed by atoms with E-state index < -0.39 is 0 Å². The quantitative estimate of drug-likeness (QED) is 0.558. The van der Waals surface area contributed by atoms with Crippen LogP contribution in [0.15, 0.2) is 41.6 Å². The predicted octanol–water partition coefficient (Wildman–Crippen LogP) is 3.86. The second-order valence-corrected chi connectivity index (χ2v) is 8.59. The van der Waals surface area contributed by atoms with Gasteiger partial charge in [0.05, 0.1) is 5.25 Å². The van der Waals surface area contributed by atoms with Crippen LogP contribution >= 0.6 is 11.8 Å². The predicted molar refractivity (Wildman–Crippen MR) is 118 cm³/mol. The second kappa shape index (κ2) is 8.89. The molecule has 3 aromatic rings. The number of carbonyl (C=O) groups excluding carboxylic acids is 1. The van der Waals surface area contributed by atoms with Crippen LogP contribution in [0.3, 0.4) is 0 Å². The Morgan fingerprint density at radius 1 is 1.19 bits per heavy atom. The smallest absolute Gasteiger partial charge is 0.237 e. The lowest BCUT2D eigenvalue weighted by Gasteiger charge is -2.13. The number of carbonyl (C=O) groups is 1. The fourth-order valence-electron chi connectivity index (χ4n) is 3.17. The zero-order valence-corrected chi connectivity index (χ0v) is 18.7. The molecule has 4 rings (SSSR count). The van der Waals surface area contributed by atoms with Crippen molar-refractivity contribution in [2.75, 3.05) is 12.1 Å². The molecule has 0 spiro atoms. The summed E-state index contributed by atoms with van der Waals surface area (Å²) in [7, 11) is 1.87. The Morgan fingerprint density at radius 3 is 2.71 bits per heavy atom. The average Bonchev–Trinajstić information content (AvgIpc) is 3.34. The van der Waals surface area contributed by atoms with Gasteiger partial charge in [0.15, 0.2) is 22.5 Å². The van der Waals surface area contributed by atoms with Gasteiger partial charge in [0.1, 0.15) is 12.4 Å². The zero-order chi connectivity index (χ0) is 22.0. The normalized spacial score (nSPS) is 13.2. The number of amides is 1. The Hall–Kier alpha value is -3.20. The maximum absolute atomic E-state index is 12.6. The maximum Gasteiger partial charge on any atom is 0.237 e. The first-order chi connectivity index (χ1) is 14.9. The molecular formula is C22H24N4O4S. The first kappa shape index (κ1) is 21.0. The summed E-state index contributed by atoms with van der Waals surface area (Å²) in [4.78, 5) is 12.6. The minimum atomic E-state index is -0.374. The highest BCUT2D eigenvalue weighted by Crippen LogP contribution is 2.34. The highest BCUT2D eigenvalue weighted by atomic mass is 32.2. The molecule has 9 heteroatoms. The first-order valence-corrected chi connectivity index (χ1v) is 10.7. The molecule has 162 valence electrons. The van der Waals surface area contributed by atoms with Crippen molar-refractivity contribution in [2.45, 2.75) is 37.8 Å². The van der Waals surface area contributed by atoms with Crippen LogP contribution < -0.4 is 19.5 Å². The van der Waals surface area contributed by atoms with Crippen LogP contribution in [0.2, 0.25) is 0 Å². The largest absolute Gasteiger partial charge is 0.485 e. The molecule has 1 unspecified atom stereocenters. The molecular weight excluding hydrogens is 416 g/mol. The molecule has 0 fully saturated rings. The van der Waals surface area contributed by atoms with E-state index in [4.69, 9.17) is 14.2 Å². The van der Waals surface area contributed by atoms with E-state index in [2.05, 4.69) is 15.5 Å². The summed E-state index contributed by atoms with van der Waals surface area (Å²) in [6, 6.07) is 11.4. The molecule has 2 aromatic carbocycles. The Labute approximate surface area is 184 Å². The second-order valence-electron chi connectivity index (χ2n) is 7.28. The number of hydrogen-bond donors (Lipinski definition) is 1. The van der Waals surface area contributed by atoms with Crippen LogP contribution in [0, 0.1) is 13.8 Å². The number of fused-ring (bicyclic) bond motifs is 1. The van der Waals surface area contributed by atoms with Gasteiger partial charge in [-0.2, -0.15) is 0 Å². The van der Waals surface area contributed by atoms with Gasteiger partial charge in [-0.1, -0.05) is 30.0 Å². The SMILES string of the molecule is Cc1cccc(C)c1OCc1nnc(SC(C)C(=O)Nc2ccc3c(c2)OCO3)n1C. The fraction of sp³-hybridized carbons (Fsp3) is 0.318. The van der Waals surface area contributed by atoms with Gasteiger partial charge in [-0.25, -0.2) is 0 Å². The van der Waals surface area contributed by atoms with Gasteiger partial charge >= 0.3 is 0 Å². The van der Waals surface area contributed by atoms with Crippen molar-refractivity contribution in [2.24, 2.45) is 7.05 Å². The Morgan fingerprint density at radius 2 is 1.94 bits per heavy atom. The van der Waals surface area contributed by atoms with E-state index in [-0.39, 0.29) is 18.0 Å². The molecule has 1 N–H and O–H groups in total. The Kier molecular flexibility index (Phi) is 6.03. The molecule has 0 aliphatic carbocycles. The van der Waals surface area contributed by atoms with E-state index in [0.29, 0.717) is 34.8 Å². The fourth-order valence-corrected chi connectivity index (χ4v) is 4.00. The highest BCUT2D eigenvalue weighted by Gasteiger charge is 2.21. The minimum absolute atomic E-state index is 0.139. The van der Waals surface area contributed by atoms with Gasteiger partial charge in [0, 0.05) is 18.8 Å². The van der Waals surface area contributed by atoms with Crippen molar-refractivity contribution in [1.29, 1.82) is 0 Å². The molecule has 2 heterocycles. The lowest BCUT2D eigenvalue weighted by molar-refractivity contribution is -0.115. The first-order valence-electron chi connectivity index (χ1n) is 9.87. The highest BCUT2D eigenvalue weighted by molar-refractivity contribution is 8.00. The number of anilines is 1. The van der Waals surface area contributed by atoms with E-state index in [1.165, 1.54) is 11.8 Å². The van der Waals surface area contributed by atoms with Crippen molar-refractivity contribution in [3.63, 3.8) is 0 Å². The average molecular weight is 441 g/mol. The number of nitrogens with one attached hydrogen (secondary N) is 1. The monoisotopic (exact) mass is 440 g/mol. The van der Waals surface area contributed by atoms with Gasteiger partial charge in [-0.3, -0.25) is 4.79 Å². The summed E-state index contributed by atoms with van der Waals surface area (Å²) >= 11 is 1.34. The summed E-state index contributed by atoms with van der Waals surface area (Å²) in [6.45, 7) is 6.35. The van der Waals surface area contributed by atoms with Crippen LogP contribution in [-0.4, -0.2) is 32.7 Å². The summed E-state index contributed by atoms with van der Waals surface area (Å²) < 4.78 is 18.5. The zero-order valence-electron chi connectivity index (χ0n) is 17.8. The third kappa shape index (κ3) is 4.61. The molecule has 31 heavy (non-hydrogen) atoms. The summed E-state index contributed by atoms with van der Waals surface area (Å²) in [5.74, 6) is 2.71. The lowest BCUT2D eigenvalue weighted by atomic mass is 10.1. The number of para-hydroxylation sites is 1. The molecule has 0 bridgehead atoms. The number of aryl methyl sites for hydroxylation is 2. The molecule has 0 saturated heterocycles. The van der Waals surface area contributed by atoms with Gasteiger partial charge in [-0.05, 0) is 44.0 Å². The van der Waals surface area contributed by atoms with Crippen molar-refractivity contribution in [1.82, 2.24) is 14.8 Å². The molecule has 1 atom stereocenters. The third-order valence-corrected chi connectivity index (χ3v) is 6.10. The Bertz CT molecular complexity index is 1090. The van der Waals surface area contributed by atoms with Crippen LogP contribution in [0.4, 0.5) is 5.69 Å².